The van der Waals surface area contributed by atoms with E-state index >= 15 is 0 Å². The molecular weight excluding hydrogens is 275 g/mol. The van der Waals surface area contributed by atoms with Crippen molar-refractivity contribution >= 4 is 33.3 Å². The van der Waals surface area contributed by atoms with Crippen LogP contribution in [0.2, 0.25) is 0 Å². The molecule has 0 spiro atoms. The SMILES string of the molecule is CCc1cc(CBr)ccc1CC(=O)CCl. The van der Waals surface area contributed by atoms with E-state index in [-0.39, 0.29) is 11.7 Å². The average Bonchev–Trinajstić information content (AvgIpc) is 2.29. The molecule has 0 radical (unpaired) electrons. The molecule has 0 fully saturated rings. The van der Waals surface area contributed by atoms with Gasteiger partial charge in [0.2, 0.25) is 0 Å². The van der Waals surface area contributed by atoms with E-state index in [1.807, 2.05) is 12.1 Å². The number of carbonyl (C=O) groups excluding carboxylic acids is 1. The minimum Gasteiger partial charge on any atom is -0.298 e. The van der Waals surface area contributed by atoms with Crippen LogP contribution in [0.25, 0.3) is 0 Å². The standard InChI is InChI=1S/C12H14BrClO/c1-2-10-5-9(7-13)3-4-11(10)6-12(15)8-14/h3-5H,2,6-8H2,1H3. The Kier molecular flexibility index (Phi) is 5.34. The van der Waals surface area contributed by atoms with Crippen molar-refractivity contribution in [3.8, 4) is 0 Å². The first-order chi connectivity index (χ1) is 7.21. The minimum atomic E-state index is 0.0814. The van der Waals surface area contributed by atoms with Crippen molar-refractivity contribution in [2.45, 2.75) is 25.1 Å². The molecule has 0 bridgehead atoms. The van der Waals surface area contributed by atoms with Gasteiger partial charge in [-0.3, -0.25) is 4.79 Å². The fourth-order valence-corrected chi connectivity index (χ4v) is 1.97. The number of hydrogen-bond acceptors (Lipinski definition) is 1. The smallest absolute Gasteiger partial charge is 0.151 e. The zero-order valence-electron chi connectivity index (χ0n) is 8.72. The Morgan fingerprint density at radius 2 is 2.13 bits per heavy atom. The summed E-state index contributed by atoms with van der Waals surface area (Å²) in [6, 6.07) is 6.22. The van der Waals surface area contributed by atoms with Gasteiger partial charge in [-0.25, -0.2) is 0 Å². The van der Waals surface area contributed by atoms with Crippen molar-refractivity contribution in [3.63, 3.8) is 0 Å². The molecule has 0 aliphatic carbocycles. The maximum atomic E-state index is 11.3. The third kappa shape index (κ3) is 3.62. The number of hydrogen-bond donors (Lipinski definition) is 0. The maximum absolute atomic E-state index is 11.3. The Hall–Kier alpha value is -0.340. The number of benzene rings is 1. The Labute approximate surface area is 104 Å². The molecule has 82 valence electrons. The summed E-state index contributed by atoms with van der Waals surface area (Å²) in [4.78, 5) is 11.3. The lowest BCUT2D eigenvalue weighted by Crippen LogP contribution is -2.06. The molecule has 0 saturated carbocycles. The lowest BCUT2D eigenvalue weighted by atomic mass is 9.99. The van der Waals surface area contributed by atoms with Gasteiger partial charge in [0.15, 0.2) is 5.78 Å². The van der Waals surface area contributed by atoms with Crippen LogP contribution in [0, 0.1) is 0 Å². The zero-order chi connectivity index (χ0) is 11.3. The fourth-order valence-electron chi connectivity index (χ4n) is 1.52. The van der Waals surface area contributed by atoms with Crippen molar-refractivity contribution < 1.29 is 4.79 Å². The number of aryl methyl sites for hydroxylation is 1. The van der Waals surface area contributed by atoms with Crippen molar-refractivity contribution in [3.05, 3.63) is 34.9 Å². The van der Waals surface area contributed by atoms with Gasteiger partial charge in [-0.2, -0.15) is 0 Å². The molecule has 1 nitrogen and oxygen atoms in total. The second-order valence-corrected chi connectivity index (χ2v) is 4.27. The molecule has 0 amide bonds. The van der Waals surface area contributed by atoms with Crippen LogP contribution in [0.3, 0.4) is 0 Å². The first-order valence-electron chi connectivity index (χ1n) is 4.95. The van der Waals surface area contributed by atoms with Crippen molar-refractivity contribution in [1.82, 2.24) is 0 Å². The highest BCUT2D eigenvalue weighted by Gasteiger charge is 2.06. The lowest BCUT2D eigenvalue weighted by Gasteiger charge is -2.08. The summed E-state index contributed by atoms with van der Waals surface area (Å²) in [5.41, 5.74) is 3.59. The molecule has 0 aliphatic rings. The Morgan fingerprint density at radius 3 is 2.67 bits per heavy atom. The van der Waals surface area contributed by atoms with Crippen molar-refractivity contribution in [1.29, 1.82) is 0 Å². The van der Waals surface area contributed by atoms with E-state index in [0.717, 1.165) is 17.3 Å². The van der Waals surface area contributed by atoms with Crippen LogP contribution >= 0.6 is 27.5 Å². The summed E-state index contributed by atoms with van der Waals surface area (Å²) < 4.78 is 0. The van der Waals surface area contributed by atoms with E-state index in [9.17, 15) is 4.79 Å². The third-order valence-electron chi connectivity index (χ3n) is 2.34. The third-order valence-corrected chi connectivity index (χ3v) is 3.29. The highest BCUT2D eigenvalue weighted by molar-refractivity contribution is 9.08. The van der Waals surface area contributed by atoms with Gasteiger partial charge in [-0.05, 0) is 23.1 Å². The van der Waals surface area contributed by atoms with Gasteiger partial charge in [-0.1, -0.05) is 41.1 Å². The van der Waals surface area contributed by atoms with Gasteiger partial charge in [0.25, 0.3) is 0 Å². The Balaban J connectivity index is 2.92. The molecule has 0 N–H and O–H groups in total. The predicted octanol–water partition coefficient (Wildman–Crippen LogP) is 3.49. The summed E-state index contributed by atoms with van der Waals surface area (Å²) in [5, 5.41) is 0.851. The summed E-state index contributed by atoms with van der Waals surface area (Å²) in [7, 11) is 0. The molecule has 1 rings (SSSR count). The molecule has 0 atom stereocenters. The number of ketones is 1. The van der Waals surface area contributed by atoms with Crippen LogP contribution < -0.4 is 0 Å². The highest BCUT2D eigenvalue weighted by Crippen LogP contribution is 2.16. The van der Waals surface area contributed by atoms with E-state index in [0.29, 0.717) is 6.42 Å². The van der Waals surface area contributed by atoms with Crippen LogP contribution in [-0.4, -0.2) is 11.7 Å². The van der Waals surface area contributed by atoms with E-state index in [2.05, 4.69) is 28.9 Å². The second kappa shape index (κ2) is 6.29. The van der Waals surface area contributed by atoms with Gasteiger partial charge in [0.1, 0.15) is 0 Å². The molecule has 0 aliphatic heterocycles. The van der Waals surface area contributed by atoms with Crippen molar-refractivity contribution in [2.24, 2.45) is 0 Å². The molecule has 0 aromatic heterocycles. The van der Waals surface area contributed by atoms with E-state index in [4.69, 9.17) is 11.6 Å². The topological polar surface area (TPSA) is 17.1 Å². The summed E-state index contributed by atoms with van der Waals surface area (Å²) in [5.74, 6) is 0.182. The van der Waals surface area contributed by atoms with Crippen LogP contribution in [0.1, 0.15) is 23.6 Å². The second-order valence-electron chi connectivity index (χ2n) is 3.44. The number of rotatable bonds is 5. The number of carbonyl (C=O) groups is 1. The van der Waals surface area contributed by atoms with Gasteiger partial charge in [0, 0.05) is 11.8 Å². The predicted molar refractivity (Wildman–Crippen MR) is 67.9 cm³/mol. The van der Waals surface area contributed by atoms with E-state index in [1.54, 1.807) is 0 Å². The lowest BCUT2D eigenvalue weighted by molar-refractivity contribution is -0.116. The normalized spacial score (nSPS) is 10.3. The van der Waals surface area contributed by atoms with Crippen molar-refractivity contribution in [2.75, 3.05) is 5.88 Å². The maximum Gasteiger partial charge on any atom is 0.151 e. The zero-order valence-corrected chi connectivity index (χ0v) is 11.1. The summed E-state index contributed by atoms with van der Waals surface area (Å²) >= 11 is 8.92. The van der Waals surface area contributed by atoms with Gasteiger partial charge in [0.05, 0.1) is 5.88 Å². The summed E-state index contributed by atoms with van der Waals surface area (Å²) in [6.45, 7) is 2.10. The van der Waals surface area contributed by atoms with E-state index < -0.39 is 0 Å². The molecule has 0 unspecified atom stereocenters. The number of alkyl halides is 2. The first-order valence-corrected chi connectivity index (χ1v) is 6.61. The highest BCUT2D eigenvalue weighted by atomic mass is 79.9. The Bertz CT molecular complexity index is 349. The monoisotopic (exact) mass is 288 g/mol. The Morgan fingerprint density at radius 1 is 1.40 bits per heavy atom. The van der Waals surface area contributed by atoms with Gasteiger partial charge < -0.3 is 0 Å². The van der Waals surface area contributed by atoms with Crippen LogP contribution in [-0.2, 0) is 23.0 Å². The van der Waals surface area contributed by atoms with Gasteiger partial charge in [-0.15, -0.1) is 11.6 Å². The van der Waals surface area contributed by atoms with Crippen LogP contribution in [0.4, 0.5) is 0 Å². The van der Waals surface area contributed by atoms with E-state index in [1.165, 1.54) is 11.1 Å². The van der Waals surface area contributed by atoms with Gasteiger partial charge >= 0.3 is 0 Å². The first kappa shape index (κ1) is 12.7. The molecule has 1 aromatic carbocycles. The molecule has 0 saturated heterocycles. The average molecular weight is 290 g/mol. The fraction of sp³-hybridized carbons (Fsp3) is 0.417. The van der Waals surface area contributed by atoms with Crippen LogP contribution in [0.15, 0.2) is 18.2 Å². The molecule has 3 heteroatoms. The molecule has 0 heterocycles. The molecule has 15 heavy (non-hydrogen) atoms. The quantitative estimate of drug-likeness (QED) is 0.758. The van der Waals surface area contributed by atoms with Crippen LogP contribution in [0.5, 0.6) is 0 Å². The summed E-state index contributed by atoms with van der Waals surface area (Å²) in [6.07, 6.45) is 1.40. The number of Topliss-reactive ketones (excluding diaryl/α,β-unsaturated/α-hetero) is 1. The molecule has 1 aromatic rings. The number of halogens is 2. The molecular formula is C12H14BrClO. The minimum absolute atomic E-state index is 0.0814. The largest absolute Gasteiger partial charge is 0.298 e.